The molecule has 1 aliphatic heterocycles. The summed E-state index contributed by atoms with van der Waals surface area (Å²) in [7, 11) is 1.70. The highest BCUT2D eigenvalue weighted by atomic mass is 16.5. The molecule has 0 aromatic carbocycles. The lowest BCUT2D eigenvalue weighted by Crippen LogP contribution is -2.48. The van der Waals surface area contributed by atoms with E-state index in [1.165, 1.54) is 4.90 Å². The Bertz CT molecular complexity index is 279. The Hall–Kier alpha value is -0.650. The van der Waals surface area contributed by atoms with Crippen LogP contribution in [0.2, 0.25) is 0 Å². The van der Waals surface area contributed by atoms with Gasteiger partial charge in [-0.3, -0.25) is 4.79 Å². The smallest absolute Gasteiger partial charge is 0.248 e. The number of nitrogens with zero attached hydrogens (tertiary/aromatic N) is 1. The van der Waals surface area contributed by atoms with Crippen molar-refractivity contribution in [2.75, 3.05) is 33.4 Å². The lowest BCUT2D eigenvalue weighted by atomic mass is 9.94. The fourth-order valence-corrected chi connectivity index (χ4v) is 1.83. The van der Waals surface area contributed by atoms with Crippen LogP contribution >= 0.6 is 0 Å². The van der Waals surface area contributed by atoms with E-state index >= 15 is 0 Å². The van der Waals surface area contributed by atoms with E-state index in [-0.39, 0.29) is 18.1 Å². The van der Waals surface area contributed by atoms with Crippen molar-refractivity contribution >= 4 is 5.91 Å². The molecule has 1 fully saturated rings. The molecule has 1 rings (SSSR count). The molecule has 0 spiro atoms. The minimum Gasteiger partial charge on any atom is -0.388 e. The molecule has 18 heavy (non-hydrogen) atoms. The van der Waals surface area contributed by atoms with Crippen LogP contribution in [0.5, 0.6) is 0 Å². The van der Waals surface area contributed by atoms with Gasteiger partial charge in [0.05, 0.1) is 11.2 Å². The number of amides is 1. The van der Waals surface area contributed by atoms with Gasteiger partial charge in [0.2, 0.25) is 5.91 Å². The molecular weight excluding hydrogens is 234 g/mol. The number of carbonyl (C=O) groups is 1. The third-order valence-electron chi connectivity index (χ3n) is 3.01. The molecule has 1 amide bonds. The van der Waals surface area contributed by atoms with E-state index in [1.807, 2.05) is 20.8 Å². The fourth-order valence-electron chi connectivity index (χ4n) is 1.83. The Labute approximate surface area is 109 Å². The molecule has 1 aliphatic rings. The summed E-state index contributed by atoms with van der Waals surface area (Å²) in [5.41, 5.74) is -1.14. The van der Waals surface area contributed by atoms with Crippen molar-refractivity contribution in [3.8, 4) is 0 Å². The molecule has 0 aromatic heterocycles. The van der Waals surface area contributed by atoms with Crippen molar-refractivity contribution in [3.63, 3.8) is 0 Å². The molecule has 1 heterocycles. The summed E-state index contributed by atoms with van der Waals surface area (Å²) in [6, 6.07) is 0. The molecule has 0 bridgehead atoms. The molecule has 5 nitrogen and oxygen atoms in total. The van der Waals surface area contributed by atoms with E-state index < -0.39 is 5.60 Å². The minimum atomic E-state index is -0.815. The Morgan fingerprint density at radius 2 is 1.94 bits per heavy atom. The summed E-state index contributed by atoms with van der Waals surface area (Å²) in [4.78, 5) is 13.4. The molecule has 5 heteroatoms. The second-order valence-electron chi connectivity index (χ2n) is 5.99. The lowest BCUT2D eigenvalue weighted by Gasteiger charge is -2.35. The number of rotatable bonds is 4. The zero-order valence-electron chi connectivity index (χ0n) is 11.9. The molecule has 0 unspecified atom stereocenters. The van der Waals surface area contributed by atoms with Crippen LogP contribution < -0.4 is 0 Å². The van der Waals surface area contributed by atoms with E-state index in [9.17, 15) is 9.90 Å². The lowest BCUT2D eigenvalue weighted by molar-refractivity contribution is -0.145. The van der Waals surface area contributed by atoms with E-state index in [1.54, 1.807) is 7.05 Å². The highest BCUT2D eigenvalue weighted by Gasteiger charge is 2.32. The number of likely N-dealkylation sites (N-methyl/N-ethyl adjacent to an activating group) is 1. The maximum absolute atomic E-state index is 11.9. The van der Waals surface area contributed by atoms with Gasteiger partial charge in [-0.05, 0) is 20.8 Å². The Morgan fingerprint density at radius 1 is 1.39 bits per heavy atom. The maximum atomic E-state index is 11.9. The summed E-state index contributed by atoms with van der Waals surface area (Å²) in [5, 5.41) is 10.3. The van der Waals surface area contributed by atoms with E-state index in [2.05, 4.69) is 0 Å². The number of ether oxygens (including phenoxy) is 2. The second-order valence-corrected chi connectivity index (χ2v) is 5.99. The Balaban J connectivity index is 2.39. The summed E-state index contributed by atoms with van der Waals surface area (Å²) < 4.78 is 10.6. The van der Waals surface area contributed by atoms with Gasteiger partial charge in [0.15, 0.2) is 0 Å². The summed E-state index contributed by atoms with van der Waals surface area (Å²) in [6.45, 7) is 7.22. The zero-order valence-corrected chi connectivity index (χ0v) is 11.9. The molecule has 1 saturated heterocycles. The first-order chi connectivity index (χ1) is 8.22. The number of aliphatic hydroxyl groups is 1. The van der Waals surface area contributed by atoms with Gasteiger partial charge in [-0.1, -0.05) is 0 Å². The maximum Gasteiger partial charge on any atom is 0.248 e. The molecule has 0 aromatic rings. The van der Waals surface area contributed by atoms with Gasteiger partial charge >= 0.3 is 0 Å². The van der Waals surface area contributed by atoms with Gasteiger partial charge in [-0.15, -0.1) is 0 Å². The summed E-state index contributed by atoms with van der Waals surface area (Å²) in [6.07, 6.45) is 1.15. The van der Waals surface area contributed by atoms with Crippen molar-refractivity contribution < 1.29 is 19.4 Å². The summed E-state index contributed by atoms with van der Waals surface area (Å²) in [5.74, 6) is -0.107. The predicted octanol–water partition coefficient (Wildman–Crippen LogP) is 0.801. The van der Waals surface area contributed by atoms with Gasteiger partial charge in [0, 0.05) is 39.6 Å². The van der Waals surface area contributed by atoms with E-state index in [0.717, 1.165) is 0 Å². The standard InChI is InChI=1S/C13H25NO4/c1-12(2,3)18-9-11(15)14(4)10-13(16)5-7-17-8-6-13/h16H,5-10H2,1-4H3. The summed E-state index contributed by atoms with van der Waals surface area (Å²) >= 11 is 0. The van der Waals surface area contributed by atoms with Crippen LogP contribution in [0.1, 0.15) is 33.6 Å². The monoisotopic (exact) mass is 259 g/mol. The fraction of sp³-hybridized carbons (Fsp3) is 0.923. The van der Waals surface area contributed by atoms with Crippen molar-refractivity contribution in [2.45, 2.75) is 44.8 Å². The van der Waals surface area contributed by atoms with Crippen LogP contribution in [0, 0.1) is 0 Å². The Morgan fingerprint density at radius 3 is 2.44 bits per heavy atom. The Kier molecular flexibility index (Phi) is 5.13. The highest BCUT2D eigenvalue weighted by molar-refractivity contribution is 5.77. The molecular formula is C13H25NO4. The van der Waals surface area contributed by atoms with Crippen LogP contribution in [0.25, 0.3) is 0 Å². The topological polar surface area (TPSA) is 59.0 Å². The van der Waals surface area contributed by atoms with Crippen LogP contribution in [0.3, 0.4) is 0 Å². The van der Waals surface area contributed by atoms with E-state index in [0.29, 0.717) is 32.6 Å². The normalized spacial score (nSPS) is 19.6. The SMILES string of the molecule is CN(CC1(O)CCOCC1)C(=O)COC(C)(C)C. The molecule has 1 N–H and O–H groups in total. The van der Waals surface area contributed by atoms with Gasteiger partial charge in [0.1, 0.15) is 6.61 Å². The van der Waals surface area contributed by atoms with Gasteiger partial charge in [-0.25, -0.2) is 0 Å². The number of hydrogen-bond acceptors (Lipinski definition) is 4. The third-order valence-corrected chi connectivity index (χ3v) is 3.01. The molecule has 0 saturated carbocycles. The minimum absolute atomic E-state index is 0.0482. The first kappa shape index (κ1) is 15.4. The van der Waals surface area contributed by atoms with Gasteiger partial charge < -0.3 is 19.5 Å². The first-order valence-electron chi connectivity index (χ1n) is 6.40. The number of carbonyl (C=O) groups excluding carboxylic acids is 1. The predicted molar refractivity (Wildman–Crippen MR) is 68.3 cm³/mol. The molecule has 106 valence electrons. The average molecular weight is 259 g/mol. The van der Waals surface area contributed by atoms with Crippen LogP contribution in [0.15, 0.2) is 0 Å². The van der Waals surface area contributed by atoms with Crippen molar-refractivity contribution in [2.24, 2.45) is 0 Å². The highest BCUT2D eigenvalue weighted by Crippen LogP contribution is 2.21. The third kappa shape index (κ3) is 5.33. The zero-order chi connectivity index (χ0) is 13.8. The van der Waals surface area contributed by atoms with Crippen LogP contribution in [-0.4, -0.2) is 60.5 Å². The van der Waals surface area contributed by atoms with Crippen molar-refractivity contribution in [1.82, 2.24) is 4.90 Å². The molecule has 0 radical (unpaired) electrons. The van der Waals surface area contributed by atoms with Crippen LogP contribution in [-0.2, 0) is 14.3 Å². The van der Waals surface area contributed by atoms with Gasteiger partial charge in [0.25, 0.3) is 0 Å². The second kappa shape index (κ2) is 5.99. The average Bonchev–Trinajstić information content (AvgIpc) is 2.25. The van der Waals surface area contributed by atoms with Crippen LogP contribution in [0.4, 0.5) is 0 Å². The first-order valence-corrected chi connectivity index (χ1v) is 6.40. The molecule has 0 atom stereocenters. The van der Waals surface area contributed by atoms with E-state index in [4.69, 9.17) is 9.47 Å². The van der Waals surface area contributed by atoms with Gasteiger partial charge in [-0.2, -0.15) is 0 Å². The number of hydrogen-bond donors (Lipinski definition) is 1. The van der Waals surface area contributed by atoms with Crippen molar-refractivity contribution in [1.29, 1.82) is 0 Å². The molecule has 0 aliphatic carbocycles. The van der Waals surface area contributed by atoms with Crippen molar-refractivity contribution in [3.05, 3.63) is 0 Å². The largest absolute Gasteiger partial charge is 0.388 e. The quantitative estimate of drug-likeness (QED) is 0.811.